The number of esters is 1. The van der Waals surface area contributed by atoms with E-state index in [1.165, 1.54) is 6.07 Å². The maximum Gasteiger partial charge on any atom is 0.360 e. The quantitative estimate of drug-likeness (QED) is 0.815. The van der Waals surface area contributed by atoms with E-state index in [1.807, 2.05) is 0 Å². The molecule has 1 heterocycles. The fourth-order valence-electron chi connectivity index (χ4n) is 1.46. The lowest BCUT2D eigenvalue weighted by Gasteiger charge is -2.03. The summed E-state index contributed by atoms with van der Waals surface area (Å²) in [4.78, 5) is 15.4. The van der Waals surface area contributed by atoms with Crippen molar-refractivity contribution in [2.24, 2.45) is 0 Å². The zero-order valence-electron chi connectivity index (χ0n) is 9.44. The van der Waals surface area contributed by atoms with Crippen LogP contribution in [0.1, 0.15) is 17.4 Å². The van der Waals surface area contributed by atoms with Crippen LogP contribution < -0.4 is 0 Å². The molecule has 0 radical (unpaired) electrons. The van der Waals surface area contributed by atoms with Gasteiger partial charge in [0.1, 0.15) is 5.82 Å². The smallest absolute Gasteiger partial charge is 0.360 e. The number of hydrogen-bond donors (Lipinski definition) is 0. The van der Waals surface area contributed by atoms with E-state index in [4.69, 9.17) is 9.15 Å². The first kappa shape index (κ1) is 12.8. The third kappa shape index (κ3) is 2.28. The molecular weight excluding hydrogens is 305 g/mol. The Morgan fingerprint density at radius 1 is 1.56 bits per heavy atom. The van der Waals surface area contributed by atoms with Gasteiger partial charge in [-0.1, -0.05) is 6.07 Å². The number of nitrogens with zero attached hydrogens (tertiary/aromatic N) is 1. The molecular formula is C12H9BrFNO3. The minimum absolute atomic E-state index is 0.0335. The van der Waals surface area contributed by atoms with E-state index in [9.17, 15) is 9.18 Å². The molecule has 0 saturated heterocycles. The molecule has 0 aliphatic carbocycles. The van der Waals surface area contributed by atoms with Crippen LogP contribution in [-0.4, -0.2) is 17.6 Å². The number of hydrogen-bond acceptors (Lipinski definition) is 4. The zero-order valence-corrected chi connectivity index (χ0v) is 11.0. The van der Waals surface area contributed by atoms with Crippen LogP contribution >= 0.6 is 15.9 Å². The number of rotatable bonds is 3. The first-order valence-electron chi connectivity index (χ1n) is 5.20. The van der Waals surface area contributed by atoms with Crippen molar-refractivity contribution in [3.8, 4) is 11.3 Å². The summed E-state index contributed by atoms with van der Waals surface area (Å²) in [6.07, 6.45) is 1.09. The summed E-state index contributed by atoms with van der Waals surface area (Å²) >= 11 is 3.07. The first-order valence-corrected chi connectivity index (χ1v) is 5.99. The summed E-state index contributed by atoms with van der Waals surface area (Å²) in [6, 6.07) is 4.70. The molecule has 0 aliphatic rings. The maximum absolute atomic E-state index is 13.9. The first-order chi connectivity index (χ1) is 8.65. The highest BCUT2D eigenvalue weighted by Gasteiger charge is 2.22. The number of benzene rings is 1. The van der Waals surface area contributed by atoms with Crippen molar-refractivity contribution in [1.82, 2.24) is 4.98 Å². The van der Waals surface area contributed by atoms with E-state index < -0.39 is 11.8 Å². The summed E-state index contributed by atoms with van der Waals surface area (Å²) < 4.78 is 24.1. The summed E-state index contributed by atoms with van der Waals surface area (Å²) in [7, 11) is 0. The molecule has 2 aromatic rings. The van der Waals surface area contributed by atoms with Gasteiger partial charge in [0.05, 0.1) is 16.6 Å². The van der Waals surface area contributed by atoms with Crippen molar-refractivity contribution < 1.29 is 18.3 Å². The number of carbonyl (C=O) groups is 1. The monoisotopic (exact) mass is 313 g/mol. The summed E-state index contributed by atoms with van der Waals surface area (Å²) in [5.74, 6) is -1.09. The topological polar surface area (TPSA) is 52.3 Å². The average Bonchev–Trinajstić information content (AvgIpc) is 2.82. The number of oxazole rings is 1. The molecule has 0 aliphatic heterocycles. The van der Waals surface area contributed by atoms with Crippen LogP contribution in [0.15, 0.2) is 33.5 Å². The molecule has 0 amide bonds. The van der Waals surface area contributed by atoms with Gasteiger partial charge in [0.25, 0.3) is 0 Å². The SMILES string of the molecule is CCOC(=O)c1ncoc1-c1cccc(Br)c1F. The molecule has 1 aromatic carbocycles. The molecule has 0 fully saturated rings. The molecule has 6 heteroatoms. The highest BCUT2D eigenvalue weighted by Crippen LogP contribution is 2.30. The van der Waals surface area contributed by atoms with E-state index in [0.29, 0.717) is 0 Å². The molecule has 4 nitrogen and oxygen atoms in total. The Morgan fingerprint density at radius 2 is 2.33 bits per heavy atom. The van der Waals surface area contributed by atoms with E-state index in [0.717, 1.165) is 6.39 Å². The Kier molecular flexibility index (Phi) is 3.76. The normalized spacial score (nSPS) is 10.4. The van der Waals surface area contributed by atoms with Crippen LogP contribution in [0, 0.1) is 5.82 Å². The molecule has 18 heavy (non-hydrogen) atoms. The zero-order chi connectivity index (χ0) is 13.1. The predicted molar refractivity (Wildman–Crippen MR) is 65.6 cm³/mol. The van der Waals surface area contributed by atoms with Gasteiger partial charge in [-0.3, -0.25) is 0 Å². The van der Waals surface area contributed by atoms with Crippen molar-refractivity contribution in [2.45, 2.75) is 6.92 Å². The van der Waals surface area contributed by atoms with Crippen LogP contribution in [0.4, 0.5) is 4.39 Å². The lowest BCUT2D eigenvalue weighted by molar-refractivity contribution is 0.0520. The van der Waals surface area contributed by atoms with Gasteiger partial charge in [-0.15, -0.1) is 0 Å². The van der Waals surface area contributed by atoms with Crippen molar-refractivity contribution >= 4 is 21.9 Å². The lowest BCUT2D eigenvalue weighted by Crippen LogP contribution is -2.06. The van der Waals surface area contributed by atoms with Crippen LogP contribution in [0.5, 0.6) is 0 Å². The standard InChI is InChI=1S/C12H9BrFNO3/c1-2-17-12(16)10-11(18-6-15-10)7-4-3-5-8(13)9(7)14/h3-6H,2H2,1H3. The van der Waals surface area contributed by atoms with Crippen LogP contribution in [0.25, 0.3) is 11.3 Å². The van der Waals surface area contributed by atoms with Crippen molar-refractivity contribution in [3.63, 3.8) is 0 Å². The lowest BCUT2D eigenvalue weighted by atomic mass is 10.1. The molecule has 0 N–H and O–H groups in total. The second-order valence-corrected chi connectivity index (χ2v) is 4.21. The van der Waals surface area contributed by atoms with E-state index in [-0.39, 0.29) is 28.1 Å². The van der Waals surface area contributed by atoms with E-state index in [1.54, 1.807) is 19.1 Å². The molecule has 1 aromatic heterocycles. The second kappa shape index (κ2) is 5.30. The maximum atomic E-state index is 13.9. The molecule has 0 atom stereocenters. The minimum atomic E-state index is -0.638. The van der Waals surface area contributed by atoms with Gasteiger partial charge in [0.15, 0.2) is 17.8 Å². The Balaban J connectivity index is 2.49. The average molecular weight is 314 g/mol. The Bertz CT molecular complexity index is 582. The van der Waals surface area contributed by atoms with Crippen molar-refractivity contribution in [1.29, 1.82) is 0 Å². The van der Waals surface area contributed by atoms with E-state index in [2.05, 4.69) is 20.9 Å². The van der Waals surface area contributed by atoms with Gasteiger partial charge in [-0.2, -0.15) is 0 Å². The molecule has 94 valence electrons. The fourth-order valence-corrected chi connectivity index (χ4v) is 1.83. The van der Waals surface area contributed by atoms with Crippen LogP contribution in [-0.2, 0) is 4.74 Å². The molecule has 0 bridgehead atoms. The van der Waals surface area contributed by atoms with Crippen LogP contribution in [0.2, 0.25) is 0 Å². The third-order valence-electron chi connectivity index (χ3n) is 2.23. The van der Waals surface area contributed by atoms with Gasteiger partial charge in [0.2, 0.25) is 0 Å². The van der Waals surface area contributed by atoms with Gasteiger partial charge in [-0.25, -0.2) is 14.2 Å². The Labute approximate surface area is 111 Å². The molecule has 2 rings (SSSR count). The fraction of sp³-hybridized carbons (Fsp3) is 0.167. The second-order valence-electron chi connectivity index (χ2n) is 3.35. The summed E-state index contributed by atoms with van der Waals surface area (Å²) in [5, 5.41) is 0. The number of aromatic nitrogens is 1. The van der Waals surface area contributed by atoms with Crippen molar-refractivity contribution in [3.05, 3.63) is 40.6 Å². The highest BCUT2D eigenvalue weighted by atomic mass is 79.9. The van der Waals surface area contributed by atoms with Gasteiger partial charge >= 0.3 is 5.97 Å². The number of carbonyl (C=O) groups excluding carboxylic acids is 1. The molecule has 0 saturated carbocycles. The van der Waals surface area contributed by atoms with Gasteiger partial charge in [-0.05, 0) is 35.0 Å². The molecule has 0 unspecified atom stereocenters. The number of halogens is 2. The number of ether oxygens (including phenoxy) is 1. The predicted octanol–water partition coefficient (Wildman–Crippen LogP) is 3.42. The van der Waals surface area contributed by atoms with Gasteiger partial charge < -0.3 is 9.15 Å². The van der Waals surface area contributed by atoms with E-state index >= 15 is 0 Å². The Hall–Kier alpha value is -1.69. The molecule has 0 spiro atoms. The minimum Gasteiger partial charge on any atom is -0.461 e. The van der Waals surface area contributed by atoms with Crippen LogP contribution in [0.3, 0.4) is 0 Å². The Morgan fingerprint density at radius 3 is 3.06 bits per heavy atom. The summed E-state index contributed by atoms with van der Waals surface area (Å²) in [6.45, 7) is 1.89. The highest BCUT2D eigenvalue weighted by molar-refractivity contribution is 9.10. The van der Waals surface area contributed by atoms with Gasteiger partial charge in [0, 0.05) is 0 Å². The summed E-state index contributed by atoms with van der Waals surface area (Å²) in [5.41, 5.74) is 0.124. The van der Waals surface area contributed by atoms with Crippen molar-refractivity contribution in [2.75, 3.05) is 6.61 Å². The largest absolute Gasteiger partial charge is 0.461 e. The third-order valence-corrected chi connectivity index (χ3v) is 2.84.